The molecule has 1 heterocycles. The lowest BCUT2D eigenvalue weighted by molar-refractivity contribution is 0.546. The molecule has 1 unspecified atom stereocenters. The molecule has 0 amide bonds. The standard InChI is InChI=1S/C12H18N2/c1-4-6-11(3)14-9-12-10(2)7-5-8-13-12/h4-5,7-8,11,14H,1,6,9H2,2-3H3. The van der Waals surface area contributed by atoms with Gasteiger partial charge in [-0.15, -0.1) is 6.58 Å². The average Bonchev–Trinajstić information content (AvgIpc) is 2.17. The van der Waals surface area contributed by atoms with Crippen molar-refractivity contribution in [2.45, 2.75) is 32.9 Å². The summed E-state index contributed by atoms with van der Waals surface area (Å²) >= 11 is 0. The van der Waals surface area contributed by atoms with E-state index in [2.05, 4.69) is 36.8 Å². The molecule has 0 spiro atoms. The smallest absolute Gasteiger partial charge is 0.0570 e. The Morgan fingerprint density at radius 1 is 1.64 bits per heavy atom. The van der Waals surface area contributed by atoms with E-state index in [-0.39, 0.29) is 0 Å². The Morgan fingerprint density at radius 3 is 3.07 bits per heavy atom. The van der Waals surface area contributed by atoms with Crippen LogP contribution >= 0.6 is 0 Å². The predicted octanol–water partition coefficient (Wildman–Crippen LogP) is 2.44. The summed E-state index contributed by atoms with van der Waals surface area (Å²) in [6.45, 7) is 8.79. The normalized spacial score (nSPS) is 12.4. The van der Waals surface area contributed by atoms with E-state index in [4.69, 9.17) is 0 Å². The molecular weight excluding hydrogens is 172 g/mol. The summed E-state index contributed by atoms with van der Waals surface area (Å²) in [6.07, 6.45) is 4.76. The summed E-state index contributed by atoms with van der Waals surface area (Å²) in [5.41, 5.74) is 2.37. The van der Waals surface area contributed by atoms with Gasteiger partial charge in [0, 0.05) is 18.8 Å². The minimum absolute atomic E-state index is 0.467. The van der Waals surface area contributed by atoms with Gasteiger partial charge < -0.3 is 5.32 Å². The highest BCUT2D eigenvalue weighted by Gasteiger charge is 2.01. The van der Waals surface area contributed by atoms with E-state index in [9.17, 15) is 0 Å². The summed E-state index contributed by atoms with van der Waals surface area (Å²) in [7, 11) is 0. The third-order valence-corrected chi connectivity index (χ3v) is 2.26. The van der Waals surface area contributed by atoms with Crippen LogP contribution in [-0.4, -0.2) is 11.0 Å². The molecule has 1 aromatic heterocycles. The Labute approximate surface area is 86.1 Å². The van der Waals surface area contributed by atoms with Crippen molar-refractivity contribution in [3.63, 3.8) is 0 Å². The lowest BCUT2D eigenvalue weighted by atomic mass is 10.2. The molecule has 0 fully saturated rings. The van der Waals surface area contributed by atoms with Crippen molar-refractivity contribution in [2.75, 3.05) is 0 Å². The summed E-state index contributed by atoms with van der Waals surface area (Å²) in [4.78, 5) is 4.32. The molecule has 76 valence electrons. The van der Waals surface area contributed by atoms with Gasteiger partial charge in [0.1, 0.15) is 0 Å². The summed E-state index contributed by atoms with van der Waals surface area (Å²) in [5, 5.41) is 3.41. The van der Waals surface area contributed by atoms with Crippen LogP contribution in [0.4, 0.5) is 0 Å². The Hall–Kier alpha value is -1.15. The maximum atomic E-state index is 4.32. The first-order valence-corrected chi connectivity index (χ1v) is 4.99. The van der Waals surface area contributed by atoms with E-state index < -0.39 is 0 Å². The minimum atomic E-state index is 0.467. The number of pyridine rings is 1. The maximum Gasteiger partial charge on any atom is 0.0570 e. The summed E-state index contributed by atoms with van der Waals surface area (Å²) in [6, 6.07) is 4.52. The largest absolute Gasteiger partial charge is 0.308 e. The molecule has 2 nitrogen and oxygen atoms in total. The van der Waals surface area contributed by atoms with Crippen molar-refractivity contribution in [1.82, 2.24) is 10.3 Å². The van der Waals surface area contributed by atoms with Gasteiger partial charge in [-0.1, -0.05) is 12.1 Å². The summed E-state index contributed by atoms with van der Waals surface area (Å²) in [5.74, 6) is 0. The third-order valence-electron chi connectivity index (χ3n) is 2.26. The quantitative estimate of drug-likeness (QED) is 0.721. The van der Waals surface area contributed by atoms with Gasteiger partial charge in [0.2, 0.25) is 0 Å². The zero-order valence-corrected chi connectivity index (χ0v) is 8.96. The molecule has 0 aromatic carbocycles. The van der Waals surface area contributed by atoms with Crippen LogP contribution in [0.25, 0.3) is 0 Å². The topological polar surface area (TPSA) is 24.9 Å². The molecule has 0 saturated carbocycles. The van der Waals surface area contributed by atoms with Crippen molar-refractivity contribution in [1.29, 1.82) is 0 Å². The second-order valence-electron chi connectivity index (χ2n) is 3.57. The van der Waals surface area contributed by atoms with Gasteiger partial charge in [0.25, 0.3) is 0 Å². The molecule has 0 aliphatic carbocycles. The first kappa shape index (κ1) is 10.9. The second kappa shape index (κ2) is 5.55. The first-order valence-electron chi connectivity index (χ1n) is 4.99. The monoisotopic (exact) mass is 190 g/mol. The van der Waals surface area contributed by atoms with Crippen LogP contribution < -0.4 is 5.32 Å². The van der Waals surface area contributed by atoms with E-state index in [1.54, 1.807) is 0 Å². The minimum Gasteiger partial charge on any atom is -0.308 e. The van der Waals surface area contributed by atoms with E-state index in [1.807, 2.05) is 18.3 Å². The zero-order valence-electron chi connectivity index (χ0n) is 8.96. The molecule has 0 radical (unpaired) electrons. The maximum absolute atomic E-state index is 4.32. The van der Waals surface area contributed by atoms with E-state index in [0.717, 1.165) is 18.7 Å². The van der Waals surface area contributed by atoms with Crippen LogP contribution in [0, 0.1) is 6.92 Å². The Morgan fingerprint density at radius 2 is 2.43 bits per heavy atom. The third kappa shape index (κ3) is 3.30. The Balaban J connectivity index is 2.45. The van der Waals surface area contributed by atoms with Crippen molar-refractivity contribution in [3.8, 4) is 0 Å². The molecule has 2 heteroatoms. The van der Waals surface area contributed by atoms with Crippen LogP contribution in [0.3, 0.4) is 0 Å². The lowest BCUT2D eigenvalue weighted by Gasteiger charge is -2.11. The van der Waals surface area contributed by atoms with E-state index in [0.29, 0.717) is 6.04 Å². The molecule has 0 saturated heterocycles. The average molecular weight is 190 g/mol. The van der Waals surface area contributed by atoms with Crippen molar-refractivity contribution in [2.24, 2.45) is 0 Å². The number of rotatable bonds is 5. The van der Waals surface area contributed by atoms with E-state index >= 15 is 0 Å². The van der Waals surface area contributed by atoms with Crippen molar-refractivity contribution >= 4 is 0 Å². The van der Waals surface area contributed by atoms with Gasteiger partial charge >= 0.3 is 0 Å². The number of nitrogens with zero attached hydrogens (tertiary/aromatic N) is 1. The summed E-state index contributed by atoms with van der Waals surface area (Å²) < 4.78 is 0. The SMILES string of the molecule is C=CCC(C)NCc1ncccc1C. The number of hydrogen-bond acceptors (Lipinski definition) is 2. The van der Waals surface area contributed by atoms with E-state index in [1.165, 1.54) is 5.56 Å². The van der Waals surface area contributed by atoms with Gasteiger partial charge in [0.15, 0.2) is 0 Å². The molecule has 1 atom stereocenters. The van der Waals surface area contributed by atoms with Gasteiger partial charge in [-0.05, 0) is 31.9 Å². The van der Waals surface area contributed by atoms with Gasteiger partial charge in [-0.3, -0.25) is 4.98 Å². The Bertz CT molecular complexity index is 294. The Kier molecular flexibility index (Phi) is 4.33. The molecular formula is C12H18N2. The van der Waals surface area contributed by atoms with Gasteiger partial charge in [-0.25, -0.2) is 0 Å². The van der Waals surface area contributed by atoms with Crippen LogP contribution in [0.1, 0.15) is 24.6 Å². The molecule has 0 aliphatic rings. The van der Waals surface area contributed by atoms with Gasteiger partial charge in [0.05, 0.1) is 5.69 Å². The number of aromatic nitrogens is 1. The zero-order chi connectivity index (χ0) is 10.4. The molecule has 1 N–H and O–H groups in total. The van der Waals surface area contributed by atoms with Crippen molar-refractivity contribution < 1.29 is 0 Å². The highest BCUT2D eigenvalue weighted by Crippen LogP contribution is 2.03. The molecule has 14 heavy (non-hydrogen) atoms. The molecule has 0 aliphatic heterocycles. The van der Waals surface area contributed by atoms with Crippen LogP contribution in [0.2, 0.25) is 0 Å². The van der Waals surface area contributed by atoms with Crippen LogP contribution in [-0.2, 0) is 6.54 Å². The highest BCUT2D eigenvalue weighted by atomic mass is 14.9. The van der Waals surface area contributed by atoms with Gasteiger partial charge in [-0.2, -0.15) is 0 Å². The van der Waals surface area contributed by atoms with Crippen molar-refractivity contribution in [3.05, 3.63) is 42.2 Å². The fourth-order valence-electron chi connectivity index (χ4n) is 1.31. The predicted molar refractivity (Wildman–Crippen MR) is 60.1 cm³/mol. The highest BCUT2D eigenvalue weighted by molar-refractivity contribution is 5.17. The molecule has 1 rings (SSSR count). The lowest BCUT2D eigenvalue weighted by Crippen LogP contribution is -2.25. The fourth-order valence-corrected chi connectivity index (χ4v) is 1.31. The molecule has 1 aromatic rings. The first-order chi connectivity index (χ1) is 6.74. The van der Waals surface area contributed by atoms with Crippen LogP contribution in [0.5, 0.6) is 0 Å². The number of hydrogen-bond donors (Lipinski definition) is 1. The second-order valence-corrected chi connectivity index (χ2v) is 3.57. The number of nitrogens with one attached hydrogen (secondary N) is 1. The fraction of sp³-hybridized carbons (Fsp3) is 0.417. The molecule has 0 bridgehead atoms. The van der Waals surface area contributed by atoms with Crippen LogP contribution in [0.15, 0.2) is 31.0 Å². The number of aryl methyl sites for hydroxylation is 1.